The van der Waals surface area contributed by atoms with E-state index in [0.29, 0.717) is 12.1 Å². The highest BCUT2D eigenvalue weighted by molar-refractivity contribution is 6.44. The molecule has 142 valence electrons. The number of benzene rings is 1. The zero-order chi connectivity index (χ0) is 19.9. The molecule has 1 aliphatic rings. The molecule has 0 saturated carbocycles. The number of hydrogen-bond acceptors (Lipinski definition) is 4. The number of methoxy groups -OCH3 is 1. The van der Waals surface area contributed by atoms with Crippen LogP contribution in [0, 0.1) is 0 Å². The second kappa shape index (κ2) is 9.12. The highest BCUT2D eigenvalue weighted by Crippen LogP contribution is 2.25. The predicted octanol–water partition coefficient (Wildman–Crippen LogP) is 3.60. The van der Waals surface area contributed by atoms with Crippen molar-refractivity contribution in [2.24, 2.45) is 9.98 Å². The molecular weight excluding hydrogens is 338 g/mol. The third-order valence-corrected chi connectivity index (χ3v) is 4.81. The molecule has 1 heterocycles. The van der Waals surface area contributed by atoms with Crippen LogP contribution in [0.15, 0.2) is 70.9 Å². The van der Waals surface area contributed by atoms with E-state index >= 15 is 0 Å². The number of dihydropyridines is 1. The van der Waals surface area contributed by atoms with Gasteiger partial charge in [0, 0.05) is 7.05 Å². The van der Waals surface area contributed by atoms with Gasteiger partial charge in [-0.05, 0) is 43.6 Å². The fourth-order valence-electron chi connectivity index (χ4n) is 2.74. The summed E-state index contributed by atoms with van der Waals surface area (Å²) in [6.45, 7) is 7.81. The summed E-state index contributed by atoms with van der Waals surface area (Å²) in [6.07, 6.45) is 7.84. The molecule has 5 nitrogen and oxygen atoms in total. The Morgan fingerprint density at radius 2 is 2.11 bits per heavy atom. The second-order valence-electron chi connectivity index (χ2n) is 6.60. The first kappa shape index (κ1) is 20.4. The summed E-state index contributed by atoms with van der Waals surface area (Å²) in [5.74, 6) is 0.501. The van der Waals surface area contributed by atoms with E-state index in [9.17, 15) is 4.79 Å². The number of hydrogen-bond donors (Lipinski definition) is 1. The van der Waals surface area contributed by atoms with E-state index < -0.39 is 5.54 Å². The van der Waals surface area contributed by atoms with Crippen LogP contribution in [0.5, 0.6) is 0 Å². The zero-order valence-corrected chi connectivity index (χ0v) is 16.4. The smallest absolute Gasteiger partial charge is 0.269 e. The van der Waals surface area contributed by atoms with Gasteiger partial charge in [-0.1, -0.05) is 43.0 Å². The van der Waals surface area contributed by atoms with E-state index in [1.807, 2.05) is 50.3 Å². The van der Waals surface area contributed by atoms with Gasteiger partial charge in [0.2, 0.25) is 0 Å². The van der Waals surface area contributed by atoms with Crippen LogP contribution in [0.3, 0.4) is 0 Å². The van der Waals surface area contributed by atoms with Crippen molar-refractivity contribution in [2.45, 2.75) is 31.8 Å². The number of carbonyl (C=O) groups is 1. The average Bonchev–Trinajstić information content (AvgIpc) is 2.70. The van der Waals surface area contributed by atoms with Gasteiger partial charge in [-0.25, -0.2) is 0 Å². The normalized spacial score (nSPS) is 21.3. The summed E-state index contributed by atoms with van der Waals surface area (Å²) in [4.78, 5) is 21.5. The minimum absolute atomic E-state index is 0.176. The van der Waals surface area contributed by atoms with Crippen LogP contribution in [-0.4, -0.2) is 43.6 Å². The lowest BCUT2D eigenvalue weighted by molar-refractivity contribution is -0.115. The van der Waals surface area contributed by atoms with Gasteiger partial charge in [-0.15, -0.1) is 0 Å². The minimum Gasteiger partial charge on any atom is -0.495 e. The first-order valence-electron chi connectivity index (χ1n) is 8.90. The monoisotopic (exact) mass is 365 g/mol. The molecule has 1 aliphatic heterocycles. The van der Waals surface area contributed by atoms with Crippen LogP contribution >= 0.6 is 0 Å². The van der Waals surface area contributed by atoms with Crippen molar-refractivity contribution in [1.29, 1.82) is 0 Å². The minimum atomic E-state index is -0.430. The lowest BCUT2D eigenvalue weighted by atomic mass is 9.88. The molecule has 0 aliphatic carbocycles. The van der Waals surface area contributed by atoms with Crippen molar-refractivity contribution in [1.82, 2.24) is 5.32 Å². The Labute approximate surface area is 161 Å². The highest BCUT2D eigenvalue weighted by Gasteiger charge is 2.33. The van der Waals surface area contributed by atoms with E-state index in [2.05, 4.69) is 21.9 Å². The van der Waals surface area contributed by atoms with Crippen LogP contribution in [0.2, 0.25) is 0 Å². The summed E-state index contributed by atoms with van der Waals surface area (Å²) < 4.78 is 5.19. The largest absolute Gasteiger partial charge is 0.495 e. The molecule has 0 spiro atoms. The van der Waals surface area contributed by atoms with Gasteiger partial charge in [0.1, 0.15) is 11.5 Å². The molecular formula is C22H27N3O2. The molecule has 2 unspecified atom stereocenters. The maximum Gasteiger partial charge on any atom is 0.269 e. The Morgan fingerprint density at radius 3 is 2.63 bits per heavy atom. The summed E-state index contributed by atoms with van der Waals surface area (Å²) in [5, 5.41) is 3.02. The van der Waals surface area contributed by atoms with Gasteiger partial charge < -0.3 is 10.1 Å². The molecule has 0 fully saturated rings. The fourth-order valence-corrected chi connectivity index (χ4v) is 2.74. The number of allylic oxidation sites excluding steroid dienone is 3. The molecule has 1 aromatic rings. The maximum atomic E-state index is 12.8. The Balaban J connectivity index is 2.13. The number of rotatable bonds is 7. The molecule has 0 saturated heterocycles. The number of carbonyl (C=O) groups excluding carboxylic acids is 1. The van der Waals surface area contributed by atoms with Crippen LogP contribution in [0.1, 0.15) is 25.8 Å². The van der Waals surface area contributed by atoms with E-state index in [-0.39, 0.29) is 11.9 Å². The average molecular weight is 365 g/mol. The standard InChI is InChI=1S/C22H27N3O2/c1-6-17(18-10-8-7-9-11-18)14-20(23-4)21(26)25-16(2)22(3)13-12-19(27-5)15-24-22/h6-12,14-16H,1,13H2,2-5H3,(H,25,26)/b17-14+,23-20+. The van der Waals surface area contributed by atoms with E-state index in [0.717, 1.165) is 16.9 Å². The van der Waals surface area contributed by atoms with Crippen LogP contribution in [-0.2, 0) is 9.53 Å². The quantitative estimate of drug-likeness (QED) is 0.593. The van der Waals surface area contributed by atoms with Crippen molar-refractivity contribution >= 4 is 23.4 Å². The molecule has 2 rings (SSSR count). The van der Waals surface area contributed by atoms with E-state index in [1.54, 1.807) is 32.5 Å². The Morgan fingerprint density at radius 1 is 1.41 bits per heavy atom. The van der Waals surface area contributed by atoms with Crippen molar-refractivity contribution < 1.29 is 9.53 Å². The van der Waals surface area contributed by atoms with Crippen molar-refractivity contribution in [2.75, 3.05) is 14.2 Å². The number of ether oxygens (including phenoxy) is 1. The Hall–Kier alpha value is -2.95. The number of nitrogens with one attached hydrogen (secondary N) is 1. The van der Waals surface area contributed by atoms with Gasteiger partial charge in [0.25, 0.3) is 5.91 Å². The topological polar surface area (TPSA) is 63.0 Å². The lowest BCUT2D eigenvalue weighted by Gasteiger charge is -2.33. The summed E-state index contributed by atoms with van der Waals surface area (Å²) >= 11 is 0. The van der Waals surface area contributed by atoms with Gasteiger partial charge in [-0.2, -0.15) is 0 Å². The molecule has 27 heavy (non-hydrogen) atoms. The highest BCUT2D eigenvalue weighted by atomic mass is 16.5. The van der Waals surface area contributed by atoms with Gasteiger partial charge >= 0.3 is 0 Å². The molecule has 0 bridgehead atoms. The van der Waals surface area contributed by atoms with Crippen LogP contribution in [0.4, 0.5) is 0 Å². The number of nitrogens with zero attached hydrogens (tertiary/aromatic N) is 2. The SMILES string of the molecule is C=C/C(=C\C(=N/C)C(=O)NC(C)C1(C)CC=C(OC)C=N1)c1ccccc1. The van der Waals surface area contributed by atoms with Gasteiger partial charge in [0.05, 0.1) is 24.9 Å². The Bertz CT molecular complexity index is 806. The lowest BCUT2D eigenvalue weighted by Crippen LogP contribution is -2.50. The third-order valence-electron chi connectivity index (χ3n) is 4.81. The number of aliphatic imine (C=N–C) groups is 2. The third kappa shape index (κ3) is 5.03. The fraction of sp³-hybridized carbons (Fsp3) is 0.318. The van der Waals surface area contributed by atoms with Crippen LogP contribution in [0.25, 0.3) is 5.57 Å². The molecule has 0 aromatic heterocycles. The Kier molecular flexibility index (Phi) is 6.88. The maximum absolute atomic E-state index is 12.8. The van der Waals surface area contributed by atoms with Crippen molar-refractivity contribution in [3.05, 3.63) is 66.5 Å². The first-order chi connectivity index (χ1) is 12.9. The predicted molar refractivity (Wildman–Crippen MR) is 112 cm³/mol. The van der Waals surface area contributed by atoms with E-state index in [1.165, 1.54) is 0 Å². The van der Waals surface area contributed by atoms with Gasteiger partial charge in [0.15, 0.2) is 0 Å². The summed E-state index contributed by atoms with van der Waals surface area (Å²) in [6, 6.07) is 9.60. The molecule has 1 N–H and O–H groups in total. The molecule has 2 atom stereocenters. The van der Waals surface area contributed by atoms with E-state index in [4.69, 9.17) is 4.74 Å². The first-order valence-corrected chi connectivity index (χ1v) is 8.90. The summed E-state index contributed by atoms with van der Waals surface area (Å²) in [5.41, 5.74) is 1.74. The number of amides is 1. The molecule has 5 heteroatoms. The summed E-state index contributed by atoms with van der Waals surface area (Å²) in [7, 11) is 3.22. The molecule has 1 amide bonds. The molecule has 1 aromatic carbocycles. The molecule has 0 radical (unpaired) electrons. The van der Waals surface area contributed by atoms with Gasteiger partial charge in [-0.3, -0.25) is 14.8 Å². The van der Waals surface area contributed by atoms with Crippen molar-refractivity contribution in [3.63, 3.8) is 0 Å². The van der Waals surface area contributed by atoms with Crippen molar-refractivity contribution in [3.8, 4) is 0 Å². The zero-order valence-electron chi connectivity index (χ0n) is 16.4. The second-order valence-corrected chi connectivity index (χ2v) is 6.60. The van der Waals surface area contributed by atoms with Crippen LogP contribution < -0.4 is 5.32 Å².